The molecular formula is C43H26N2. The summed E-state index contributed by atoms with van der Waals surface area (Å²) in [7, 11) is 0. The molecule has 2 nitrogen and oxygen atoms in total. The number of rotatable bonds is 3. The molecule has 2 heteroatoms. The molecule has 0 unspecified atom stereocenters. The predicted molar refractivity (Wildman–Crippen MR) is 189 cm³/mol. The van der Waals surface area contributed by atoms with E-state index < -0.39 is 0 Å². The van der Waals surface area contributed by atoms with Gasteiger partial charge in [0.2, 0.25) is 0 Å². The highest BCUT2D eigenvalue weighted by Crippen LogP contribution is 2.49. The van der Waals surface area contributed by atoms with Crippen molar-refractivity contribution in [2.45, 2.75) is 0 Å². The zero-order valence-electron chi connectivity index (χ0n) is 24.4. The van der Waals surface area contributed by atoms with E-state index in [2.05, 4.69) is 149 Å². The zero-order chi connectivity index (χ0) is 29.5. The number of pyridine rings is 1. The molecule has 1 aliphatic carbocycles. The van der Waals surface area contributed by atoms with Gasteiger partial charge >= 0.3 is 0 Å². The Morgan fingerprint density at radius 1 is 0.378 bits per heavy atom. The lowest BCUT2D eigenvalue weighted by molar-refractivity contribution is 1.15. The van der Waals surface area contributed by atoms with Crippen molar-refractivity contribution in [2.75, 3.05) is 0 Å². The first-order chi connectivity index (χ1) is 22.3. The summed E-state index contributed by atoms with van der Waals surface area (Å²) in [5.74, 6) is 0. The number of hydrogen-bond acceptors (Lipinski definition) is 1. The van der Waals surface area contributed by atoms with Gasteiger partial charge in [-0.25, -0.2) is 0 Å². The second-order valence-electron chi connectivity index (χ2n) is 11.9. The van der Waals surface area contributed by atoms with Crippen molar-refractivity contribution in [3.05, 3.63) is 158 Å². The summed E-state index contributed by atoms with van der Waals surface area (Å²) < 4.78 is 2.36. The fourth-order valence-corrected chi connectivity index (χ4v) is 7.71. The van der Waals surface area contributed by atoms with Gasteiger partial charge < -0.3 is 4.57 Å². The van der Waals surface area contributed by atoms with Crippen molar-refractivity contribution < 1.29 is 0 Å². The molecule has 0 aliphatic heterocycles. The second-order valence-corrected chi connectivity index (χ2v) is 11.9. The van der Waals surface area contributed by atoms with Gasteiger partial charge in [-0.3, -0.25) is 4.98 Å². The van der Waals surface area contributed by atoms with Crippen molar-refractivity contribution in [3.8, 4) is 50.2 Å². The van der Waals surface area contributed by atoms with Gasteiger partial charge in [-0.15, -0.1) is 0 Å². The lowest BCUT2D eigenvalue weighted by Gasteiger charge is -2.13. The van der Waals surface area contributed by atoms with Crippen molar-refractivity contribution in [1.82, 2.24) is 9.55 Å². The van der Waals surface area contributed by atoms with Gasteiger partial charge in [-0.1, -0.05) is 127 Å². The van der Waals surface area contributed by atoms with Gasteiger partial charge in [0.25, 0.3) is 0 Å². The quantitative estimate of drug-likeness (QED) is 0.207. The van der Waals surface area contributed by atoms with E-state index in [0.29, 0.717) is 0 Å². The number of benzene rings is 7. The number of aromatic nitrogens is 2. The van der Waals surface area contributed by atoms with Crippen molar-refractivity contribution in [1.29, 1.82) is 0 Å². The maximum atomic E-state index is 4.45. The smallest absolute Gasteiger partial charge is 0.0645 e. The standard InChI is InChI=1S/C43H26N2/c1-2-10-33-32(9-1)37-14-6-13-36-31(21-23-38(33)42(36)37)28-19-17-27(18-20-28)30-12-5-15-39-34(30)22-24-40-35-11-3-4-16-41(35)45(43(39)40)29-8-7-25-44-26-29/h1-26H. The monoisotopic (exact) mass is 570 g/mol. The molecule has 208 valence electrons. The summed E-state index contributed by atoms with van der Waals surface area (Å²) in [5.41, 5.74) is 13.8. The van der Waals surface area contributed by atoms with Crippen LogP contribution in [0.2, 0.25) is 0 Å². The van der Waals surface area contributed by atoms with Gasteiger partial charge in [-0.2, -0.15) is 0 Å². The van der Waals surface area contributed by atoms with Crippen LogP contribution >= 0.6 is 0 Å². The summed E-state index contributed by atoms with van der Waals surface area (Å²) in [6, 6.07) is 53.3. The van der Waals surface area contributed by atoms with Crippen LogP contribution in [0.15, 0.2) is 158 Å². The van der Waals surface area contributed by atoms with E-state index in [1.54, 1.807) is 0 Å². The molecule has 45 heavy (non-hydrogen) atoms. The van der Waals surface area contributed by atoms with E-state index >= 15 is 0 Å². The van der Waals surface area contributed by atoms with Crippen LogP contribution in [0, 0.1) is 0 Å². The third-order valence-corrected chi connectivity index (χ3v) is 9.65. The molecule has 0 atom stereocenters. The summed E-state index contributed by atoms with van der Waals surface area (Å²) in [6.45, 7) is 0. The highest BCUT2D eigenvalue weighted by atomic mass is 15.0. The van der Waals surface area contributed by atoms with E-state index in [9.17, 15) is 0 Å². The van der Waals surface area contributed by atoms with E-state index in [1.165, 1.54) is 87.9 Å². The van der Waals surface area contributed by atoms with Gasteiger partial charge in [-0.05, 0) is 78.9 Å². The molecule has 7 aromatic carbocycles. The number of para-hydroxylation sites is 1. The van der Waals surface area contributed by atoms with Crippen LogP contribution in [-0.2, 0) is 0 Å². The summed E-state index contributed by atoms with van der Waals surface area (Å²) in [6.07, 6.45) is 3.78. The largest absolute Gasteiger partial charge is 0.307 e. The Kier molecular flexibility index (Phi) is 5.03. The average molecular weight is 571 g/mol. The van der Waals surface area contributed by atoms with Crippen molar-refractivity contribution >= 4 is 43.4 Å². The Morgan fingerprint density at radius 3 is 1.73 bits per heavy atom. The molecular weight excluding hydrogens is 544 g/mol. The average Bonchev–Trinajstić information content (AvgIpc) is 3.63. The molecule has 2 aromatic heterocycles. The SMILES string of the molecule is c1cncc(-n2c3ccccc3c3ccc4c(-c5ccc(-c6ccc7c8c(cccc68)-c6ccccc6-7)cc5)cccc4c32)c1. The van der Waals surface area contributed by atoms with Crippen LogP contribution in [0.25, 0.3) is 93.5 Å². The van der Waals surface area contributed by atoms with Crippen molar-refractivity contribution in [3.63, 3.8) is 0 Å². The lowest BCUT2D eigenvalue weighted by atomic mass is 9.92. The van der Waals surface area contributed by atoms with Crippen LogP contribution in [0.3, 0.4) is 0 Å². The maximum Gasteiger partial charge on any atom is 0.0645 e. The van der Waals surface area contributed by atoms with Crippen LogP contribution in [0.4, 0.5) is 0 Å². The highest BCUT2D eigenvalue weighted by molar-refractivity contribution is 6.21. The Balaban J connectivity index is 1.14. The minimum Gasteiger partial charge on any atom is -0.307 e. The molecule has 0 N–H and O–H groups in total. The van der Waals surface area contributed by atoms with E-state index in [-0.39, 0.29) is 0 Å². The van der Waals surface area contributed by atoms with Gasteiger partial charge in [0.1, 0.15) is 0 Å². The van der Waals surface area contributed by atoms with E-state index in [4.69, 9.17) is 0 Å². The molecule has 0 spiro atoms. The lowest BCUT2D eigenvalue weighted by Crippen LogP contribution is -1.95. The Bertz CT molecular complexity index is 2600. The van der Waals surface area contributed by atoms with Gasteiger partial charge in [0, 0.05) is 22.4 Å². The third-order valence-electron chi connectivity index (χ3n) is 9.65. The summed E-state index contributed by atoms with van der Waals surface area (Å²) in [4.78, 5) is 4.45. The minimum absolute atomic E-state index is 1.07. The Hall–Kier alpha value is -5.99. The minimum atomic E-state index is 1.07. The fourth-order valence-electron chi connectivity index (χ4n) is 7.71. The zero-order valence-corrected chi connectivity index (χ0v) is 24.4. The normalized spacial score (nSPS) is 12.0. The van der Waals surface area contributed by atoms with Crippen LogP contribution in [-0.4, -0.2) is 9.55 Å². The molecule has 0 amide bonds. The first-order valence-corrected chi connectivity index (χ1v) is 15.5. The van der Waals surface area contributed by atoms with Crippen LogP contribution < -0.4 is 0 Å². The molecule has 9 aromatic rings. The van der Waals surface area contributed by atoms with E-state index in [0.717, 1.165) is 5.69 Å². The second kappa shape index (κ2) is 9.25. The number of hydrogen-bond donors (Lipinski definition) is 0. The van der Waals surface area contributed by atoms with Gasteiger partial charge in [0.15, 0.2) is 0 Å². The molecule has 1 aliphatic rings. The van der Waals surface area contributed by atoms with Crippen molar-refractivity contribution in [2.24, 2.45) is 0 Å². The molecule has 0 saturated carbocycles. The summed E-state index contributed by atoms with van der Waals surface area (Å²) >= 11 is 0. The molecule has 0 radical (unpaired) electrons. The molecule has 2 heterocycles. The predicted octanol–water partition coefficient (Wildman–Crippen LogP) is 11.5. The molecule has 0 bridgehead atoms. The van der Waals surface area contributed by atoms with E-state index in [1.807, 2.05) is 18.5 Å². The first kappa shape index (κ1) is 24.5. The number of fused-ring (bicyclic) bond motifs is 8. The third kappa shape index (κ3) is 3.42. The first-order valence-electron chi connectivity index (χ1n) is 15.5. The summed E-state index contributed by atoms with van der Waals surface area (Å²) in [5, 5.41) is 7.66. The molecule has 0 fully saturated rings. The molecule has 10 rings (SSSR count). The highest BCUT2D eigenvalue weighted by Gasteiger charge is 2.22. The van der Waals surface area contributed by atoms with Crippen LogP contribution in [0.1, 0.15) is 0 Å². The fraction of sp³-hybridized carbons (Fsp3) is 0. The van der Waals surface area contributed by atoms with Crippen LogP contribution in [0.5, 0.6) is 0 Å². The van der Waals surface area contributed by atoms with Gasteiger partial charge in [0.05, 0.1) is 22.9 Å². The Morgan fingerprint density at radius 2 is 0.956 bits per heavy atom. The maximum absolute atomic E-state index is 4.45. The topological polar surface area (TPSA) is 17.8 Å². The Labute approximate surface area is 260 Å². The molecule has 0 saturated heterocycles. The number of nitrogens with zero attached hydrogens (tertiary/aromatic N) is 2.